The standard InChI is InChI=1S/C11H16BrClN2O/c1-9-7-11(15-8-10(9)12)14-4-2-5-16-6-3-13/h7-8H,2-6H2,1H3,(H,14,15). The summed E-state index contributed by atoms with van der Waals surface area (Å²) in [5.41, 5.74) is 1.18. The lowest BCUT2D eigenvalue weighted by Gasteiger charge is -2.07. The minimum Gasteiger partial charge on any atom is -0.380 e. The van der Waals surface area contributed by atoms with Crippen LogP contribution < -0.4 is 5.32 Å². The summed E-state index contributed by atoms with van der Waals surface area (Å²) in [6.07, 6.45) is 2.76. The van der Waals surface area contributed by atoms with E-state index in [1.807, 2.05) is 19.2 Å². The topological polar surface area (TPSA) is 34.1 Å². The summed E-state index contributed by atoms with van der Waals surface area (Å²) in [5, 5.41) is 3.24. The van der Waals surface area contributed by atoms with Crippen LogP contribution in [0.15, 0.2) is 16.7 Å². The molecule has 0 aliphatic carbocycles. The second-order valence-corrected chi connectivity index (χ2v) is 4.63. The van der Waals surface area contributed by atoms with Crippen LogP contribution >= 0.6 is 27.5 Å². The summed E-state index contributed by atoms with van der Waals surface area (Å²) in [7, 11) is 0. The third kappa shape index (κ3) is 5.14. The lowest BCUT2D eigenvalue weighted by atomic mass is 10.3. The molecule has 1 rings (SSSR count). The van der Waals surface area contributed by atoms with Gasteiger partial charge in [-0.25, -0.2) is 4.98 Å². The summed E-state index contributed by atoms with van der Waals surface area (Å²) in [6, 6.07) is 2.02. The number of aromatic nitrogens is 1. The number of hydrogen-bond acceptors (Lipinski definition) is 3. The Morgan fingerprint density at radius 2 is 2.31 bits per heavy atom. The molecule has 1 aromatic rings. The van der Waals surface area contributed by atoms with E-state index in [0.717, 1.165) is 29.9 Å². The van der Waals surface area contributed by atoms with Gasteiger partial charge in [0.2, 0.25) is 0 Å². The molecule has 1 aromatic heterocycles. The van der Waals surface area contributed by atoms with Gasteiger partial charge in [0, 0.05) is 29.7 Å². The molecule has 3 nitrogen and oxygen atoms in total. The number of aryl methyl sites for hydroxylation is 1. The first kappa shape index (κ1) is 13.7. The van der Waals surface area contributed by atoms with Gasteiger partial charge in [-0.1, -0.05) is 0 Å². The Bertz CT molecular complexity index is 323. The predicted octanol–water partition coefficient (Wildman–Crippen LogP) is 3.21. The molecular weight excluding hydrogens is 291 g/mol. The van der Waals surface area contributed by atoms with E-state index >= 15 is 0 Å². The third-order valence-corrected chi connectivity index (χ3v) is 3.02. The lowest BCUT2D eigenvalue weighted by Crippen LogP contribution is -2.07. The number of pyridine rings is 1. The molecule has 0 atom stereocenters. The van der Waals surface area contributed by atoms with E-state index in [-0.39, 0.29) is 0 Å². The lowest BCUT2D eigenvalue weighted by molar-refractivity contribution is 0.149. The predicted molar refractivity (Wildman–Crippen MR) is 71.3 cm³/mol. The number of hydrogen-bond donors (Lipinski definition) is 1. The second-order valence-electron chi connectivity index (χ2n) is 3.40. The molecule has 0 saturated heterocycles. The van der Waals surface area contributed by atoms with Crippen LogP contribution in [0.4, 0.5) is 5.82 Å². The van der Waals surface area contributed by atoms with Gasteiger partial charge in [0.1, 0.15) is 5.82 Å². The summed E-state index contributed by atoms with van der Waals surface area (Å²) in [4.78, 5) is 4.25. The van der Waals surface area contributed by atoms with Crippen LogP contribution in [-0.4, -0.2) is 30.6 Å². The molecule has 5 heteroatoms. The van der Waals surface area contributed by atoms with Crippen molar-refractivity contribution < 1.29 is 4.74 Å². The molecule has 90 valence electrons. The van der Waals surface area contributed by atoms with Crippen LogP contribution in [-0.2, 0) is 4.74 Å². The molecule has 0 amide bonds. The van der Waals surface area contributed by atoms with Crippen LogP contribution in [0.1, 0.15) is 12.0 Å². The molecule has 0 aromatic carbocycles. The molecule has 0 bridgehead atoms. The number of anilines is 1. The van der Waals surface area contributed by atoms with Crippen molar-refractivity contribution in [3.05, 3.63) is 22.3 Å². The quantitative estimate of drug-likeness (QED) is 0.620. The van der Waals surface area contributed by atoms with Crippen molar-refractivity contribution in [1.82, 2.24) is 4.98 Å². The fraction of sp³-hybridized carbons (Fsp3) is 0.545. The highest BCUT2D eigenvalue weighted by Gasteiger charge is 1.97. The van der Waals surface area contributed by atoms with E-state index in [1.54, 1.807) is 0 Å². The first-order chi connectivity index (χ1) is 7.74. The molecule has 1 N–H and O–H groups in total. The third-order valence-electron chi connectivity index (χ3n) is 2.04. The minimum atomic E-state index is 0.556. The maximum absolute atomic E-state index is 5.49. The zero-order valence-electron chi connectivity index (χ0n) is 9.30. The number of nitrogens with zero attached hydrogens (tertiary/aromatic N) is 1. The van der Waals surface area contributed by atoms with E-state index in [0.29, 0.717) is 12.5 Å². The van der Waals surface area contributed by atoms with Crippen molar-refractivity contribution in [2.75, 3.05) is 31.0 Å². The monoisotopic (exact) mass is 306 g/mol. The Morgan fingerprint density at radius 1 is 1.50 bits per heavy atom. The number of nitrogens with one attached hydrogen (secondary N) is 1. The number of halogens is 2. The highest BCUT2D eigenvalue weighted by atomic mass is 79.9. The van der Waals surface area contributed by atoms with Crippen LogP contribution in [0.2, 0.25) is 0 Å². The molecule has 0 radical (unpaired) electrons. The van der Waals surface area contributed by atoms with E-state index < -0.39 is 0 Å². The van der Waals surface area contributed by atoms with Gasteiger partial charge in [0.05, 0.1) is 6.61 Å². The maximum atomic E-state index is 5.49. The Hall–Kier alpha value is -0.320. The van der Waals surface area contributed by atoms with Gasteiger partial charge in [-0.05, 0) is 40.9 Å². The van der Waals surface area contributed by atoms with Crippen molar-refractivity contribution >= 4 is 33.3 Å². The van der Waals surface area contributed by atoms with Gasteiger partial charge in [-0.2, -0.15) is 0 Å². The highest BCUT2D eigenvalue weighted by molar-refractivity contribution is 9.10. The molecule has 0 aliphatic rings. The fourth-order valence-electron chi connectivity index (χ4n) is 1.18. The van der Waals surface area contributed by atoms with Gasteiger partial charge in [-0.15, -0.1) is 11.6 Å². The van der Waals surface area contributed by atoms with Gasteiger partial charge < -0.3 is 10.1 Å². The first-order valence-corrected chi connectivity index (χ1v) is 6.56. The van der Waals surface area contributed by atoms with Crippen LogP contribution in [0.25, 0.3) is 0 Å². The van der Waals surface area contributed by atoms with Crippen molar-refractivity contribution in [3.8, 4) is 0 Å². The number of rotatable bonds is 7. The normalized spacial score (nSPS) is 10.4. The Balaban J connectivity index is 2.19. The van der Waals surface area contributed by atoms with Crippen molar-refractivity contribution in [2.45, 2.75) is 13.3 Å². The molecule has 1 heterocycles. The van der Waals surface area contributed by atoms with Gasteiger partial charge in [0.25, 0.3) is 0 Å². The first-order valence-electron chi connectivity index (χ1n) is 5.23. The van der Waals surface area contributed by atoms with Gasteiger partial charge >= 0.3 is 0 Å². The van der Waals surface area contributed by atoms with Gasteiger partial charge in [0.15, 0.2) is 0 Å². The molecule has 0 fully saturated rings. The molecule has 0 aliphatic heterocycles. The van der Waals surface area contributed by atoms with E-state index in [1.165, 1.54) is 5.56 Å². The number of ether oxygens (including phenoxy) is 1. The SMILES string of the molecule is Cc1cc(NCCCOCCCl)ncc1Br. The van der Waals surface area contributed by atoms with Crippen molar-refractivity contribution in [3.63, 3.8) is 0 Å². The minimum absolute atomic E-state index is 0.556. The molecule has 0 saturated carbocycles. The average molecular weight is 308 g/mol. The summed E-state index contributed by atoms with van der Waals surface area (Å²) in [6.45, 7) is 4.25. The second kappa shape index (κ2) is 7.87. The van der Waals surface area contributed by atoms with Gasteiger partial charge in [-0.3, -0.25) is 0 Å². The zero-order chi connectivity index (χ0) is 11.8. The van der Waals surface area contributed by atoms with Crippen molar-refractivity contribution in [2.24, 2.45) is 0 Å². The molecular formula is C11H16BrClN2O. The summed E-state index contributed by atoms with van der Waals surface area (Å²) >= 11 is 8.90. The molecule has 0 unspecified atom stereocenters. The maximum Gasteiger partial charge on any atom is 0.126 e. The Morgan fingerprint density at radius 3 is 3.00 bits per heavy atom. The van der Waals surface area contributed by atoms with Crippen LogP contribution in [0.3, 0.4) is 0 Å². The zero-order valence-corrected chi connectivity index (χ0v) is 11.6. The molecule has 0 spiro atoms. The average Bonchev–Trinajstić information content (AvgIpc) is 2.28. The van der Waals surface area contributed by atoms with E-state index in [2.05, 4.69) is 26.2 Å². The highest BCUT2D eigenvalue weighted by Crippen LogP contribution is 2.16. The fourth-order valence-corrected chi connectivity index (χ4v) is 1.51. The van der Waals surface area contributed by atoms with Crippen molar-refractivity contribution in [1.29, 1.82) is 0 Å². The van der Waals surface area contributed by atoms with Crippen LogP contribution in [0.5, 0.6) is 0 Å². The molecule has 16 heavy (non-hydrogen) atoms. The van der Waals surface area contributed by atoms with E-state index in [4.69, 9.17) is 16.3 Å². The Kier molecular flexibility index (Phi) is 6.76. The smallest absolute Gasteiger partial charge is 0.126 e. The summed E-state index contributed by atoms with van der Waals surface area (Å²) in [5.74, 6) is 1.46. The van der Waals surface area contributed by atoms with Crippen LogP contribution in [0, 0.1) is 6.92 Å². The van der Waals surface area contributed by atoms with E-state index in [9.17, 15) is 0 Å². The summed E-state index contributed by atoms with van der Waals surface area (Å²) < 4.78 is 6.29. The number of alkyl halides is 1. The Labute approximate surface area is 110 Å². The largest absolute Gasteiger partial charge is 0.380 e.